The summed E-state index contributed by atoms with van der Waals surface area (Å²) in [4.78, 5) is 13.9. The summed E-state index contributed by atoms with van der Waals surface area (Å²) in [6, 6.07) is 3.60. The number of phenols is 1. The molecule has 0 bridgehead atoms. The average molecular weight is 289 g/mol. The lowest BCUT2D eigenvalue weighted by Gasteiger charge is -2.30. The van der Waals surface area contributed by atoms with Gasteiger partial charge in [0.25, 0.3) is 0 Å². The van der Waals surface area contributed by atoms with Crippen LogP contribution in [-0.4, -0.2) is 40.7 Å². The van der Waals surface area contributed by atoms with Crippen molar-refractivity contribution < 1.29 is 15.0 Å². The van der Waals surface area contributed by atoms with Crippen LogP contribution in [0.5, 0.6) is 5.75 Å². The fourth-order valence-electron chi connectivity index (χ4n) is 2.56. The molecule has 0 aliphatic carbocycles. The molecule has 0 spiro atoms. The first-order chi connectivity index (χ1) is 10.0. The molecule has 0 unspecified atom stereocenters. The van der Waals surface area contributed by atoms with Gasteiger partial charge in [-0.3, -0.25) is 4.79 Å². The van der Waals surface area contributed by atoms with Gasteiger partial charge in [-0.2, -0.15) is 0 Å². The molecule has 1 fully saturated rings. The van der Waals surface area contributed by atoms with Crippen LogP contribution in [0.3, 0.4) is 0 Å². The zero-order valence-corrected chi connectivity index (χ0v) is 12.7. The Morgan fingerprint density at radius 2 is 1.90 bits per heavy atom. The molecule has 1 aromatic rings. The molecule has 114 valence electrons. The highest BCUT2D eigenvalue weighted by Crippen LogP contribution is 2.23. The van der Waals surface area contributed by atoms with Gasteiger partial charge in [0.05, 0.1) is 0 Å². The van der Waals surface area contributed by atoms with Crippen molar-refractivity contribution in [2.45, 2.75) is 26.7 Å². The number of piperidine rings is 1. The number of hydrogen-bond acceptors (Lipinski definition) is 3. The van der Waals surface area contributed by atoms with E-state index < -0.39 is 0 Å². The summed E-state index contributed by atoms with van der Waals surface area (Å²) < 4.78 is 0. The maximum Gasteiger partial charge on any atom is 0.246 e. The molecule has 0 radical (unpaired) electrons. The molecule has 1 aliphatic rings. The smallest absolute Gasteiger partial charge is 0.246 e. The van der Waals surface area contributed by atoms with E-state index in [1.165, 1.54) is 6.08 Å². The quantitative estimate of drug-likeness (QED) is 0.839. The van der Waals surface area contributed by atoms with Gasteiger partial charge in [0, 0.05) is 31.3 Å². The van der Waals surface area contributed by atoms with Crippen LogP contribution >= 0.6 is 0 Å². The third-order valence-corrected chi connectivity index (χ3v) is 4.23. The predicted octanol–water partition coefficient (Wildman–Crippen LogP) is 2.25. The van der Waals surface area contributed by atoms with E-state index in [0.717, 1.165) is 24.0 Å². The monoisotopic (exact) mass is 289 g/mol. The Hall–Kier alpha value is -1.81. The molecule has 0 saturated carbocycles. The molecule has 21 heavy (non-hydrogen) atoms. The number of phenolic OH excluding ortho intramolecular Hbond substituents is 1. The van der Waals surface area contributed by atoms with E-state index in [2.05, 4.69) is 0 Å². The Morgan fingerprint density at radius 1 is 1.29 bits per heavy atom. The van der Waals surface area contributed by atoms with Gasteiger partial charge in [-0.25, -0.2) is 0 Å². The van der Waals surface area contributed by atoms with E-state index in [4.69, 9.17) is 5.11 Å². The van der Waals surface area contributed by atoms with E-state index in [9.17, 15) is 9.90 Å². The van der Waals surface area contributed by atoms with Crippen molar-refractivity contribution in [1.82, 2.24) is 4.90 Å². The first-order valence-corrected chi connectivity index (χ1v) is 7.39. The highest BCUT2D eigenvalue weighted by molar-refractivity contribution is 5.92. The first kappa shape index (κ1) is 15.6. The fraction of sp³-hybridized carbons (Fsp3) is 0.471. The number of nitrogens with zero attached hydrogens (tertiary/aromatic N) is 1. The van der Waals surface area contributed by atoms with E-state index in [0.29, 0.717) is 24.6 Å². The van der Waals surface area contributed by atoms with Gasteiger partial charge >= 0.3 is 0 Å². The van der Waals surface area contributed by atoms with Gasteiger partial charge in [-0.1, -0.05) is 0 Å². The molecule has 2 N–H and O–H groups in total. The summed E-state index contributed by atoms with van der Waals surface area (Å²) in [5.74, 6) is 0.479. The summed E-state index contributed by atoms with van der Waals surface area (Å²) in [6.45, 7) is 5.50. The number of aromatic hydroxyl groups is 1. The number of benzene rings is 1. The first-order valence-electron chi connectivity index (χ1n) is 7.39. The minimum absolute atomic E-state index is 0.0379. The number of amides is 1. The van der Waals surface area contributed by atoms with Crippen LogP contribution < -0.4 is 0 Å². The number of hydrogen-bond donors (Lipinski definition) is 2. The second-order valence-electron chi connectivity index (χ2n) is 5.78. The van der Waals surface area contributed by atoms with E-state index in [-0.39, 0.29) is 18.3 Å². The Labute approximate surface area is 125 Å². The van der Waals surface area contributed by atoms with Crippen molar-refractivity contribution >= 4 is 12.0 Å². The Morgan fingerprint density at radius 3 is 2.52 bits per heavy atom. The van der Waals surface area contributed by atoms with Gasteiger partial charge in [-0.05, 0) is 61.9 Å². The maximum absolute atomic E-state index is 12.1. The molecule has 4 nitrogen and oxygen atoms in total. The van der Waals surface area contributed by atoms with Crippen molar-refractivity contribution in [2.24, 2.45) is 5.92 Å². The summed E-state index contributed by atoms with van der Waals surface area (Å²) in [6.07, 6.45) is 4.89. The molecule has 1 saturated heterocycles. The summed E-state index contributed by atoms with van der Waals surface area (Å²) in [7, 11) is 0. The predicted molar refractivity (Wildman–Crippen MR) is 83.0 cm³/mol. The molecule has 0 aromatic heterocycles. The Bertz CT molecular complexity index is 543. The van der Waals surface area contributed by atoms with Crippen LogP contribution in [-0.2, 0) is 4.79 Å². The van der Waals surface area contributed by atoms with Gasteiger partial charge in [-0.15, -0.1) is 0 Å². The van der Waals surface area contributed by atoms with E-state index in [1.54, 1.807) is 17.0 Å². The van der Waals surface area contributed by atoms with Gasteiger partial charge in [0.15, 0.2) is 0 Å². The second-order valence-corrected chi connectivity index (χ2v) is 5.78. The number of rotatable bonds is 3. The highest BCUT2D eigenvalue weighted by atomic mass is 16.3. The number of carbonyl (C=O) groups is 1. The Balaban J connectivity index is 2.01. The molecular weight excluding hydrogens is 266 g/mol. The summed E-state index contributed by atoms with van der Waals surface area (Å²) >= 11 is 0. The summed E-state index contributed by atoms with van der Waals surface area (Å²) in [5.41, 5.74) is 2.78. The molecule has 0 atom stereocenters. The molecule has 1 amide bonds. The van der Waals surface area contributed by atoms with Crippen LogP contribution in [0, 0.1) is 19.8 Å². The molecular formula is C17H23NO3. The van der Waals surface area contributed by atoms with Crippen LogP contribution in [0.1, 0.15) is 29.5 Å². The van der Waals surface area contributed by atoms with Gasteiger partial charge < -0.3 is 15.1 Å². The highest BCUT2D eigenvalue weighted by Gasteiger charge is 2.20. The van der Waals surface area contributed by atoms with E-state index in [1.807, 2.05) is 19.9 Å². The van der Waals surface area contributed by atoms with Crippen molar-refractivity contribution in [2.75, 3.05) is 19.7 Å². The lowest BCUT2D eigenvalue weighted by Crippen LogP contribution is -2.38. The molecule has 2 rings (SSSR count). The normalized spacial score (nSPS) is 16.6. The third kappa shape index (κ3) is 3.85. The average Bonchev–Trinajstić information content (AvgIpc) is 2.49. The summed E-state index contributed by atoms with van der Waals surface area (Å²) in [5, 5.41) is 19.0. The van der Waals surface area contributed by atoms with Crippen LogP contribution in [0.15, 0.2) is 18.2 Å². The van der Waals surface area contributed by atoms with Gasteiger partial charge in [0.2, 0.25) is 5.91 Å². The minimum Gasteiger partial charge on any atom is -0.507 e. The van der Waals surface area contributed by atoms with Gasteiger partial charge in [0.1, 0.15) is 5.75 Å². The van der Waals surface area contributed by atoms with Crippen LogP contribution in [0.2, 0.25) is 0 Å². The molecule has 4 heteroatoms. The number of carbonyl (C=O) groups excluding carboxylic acids is 1. The van der Waals surface area contributed by atoms with Crippen molar-refractivity contribution in [3.63, 3.8) is 0 Å². The lowest BCUT2D eigenvalue weighted by molar-refractivity contribution is -0.127. The molecule has 1 aliphatic heterocycles. The molecule has 1 heterocycles. The number of aryl methyl sites for hydroxylation is 2. The zero-order valence-electron chi connectivity index (χ0n) is 12.7. The number of aliphatic hydroxyl groups excluding tert-OH is 1. The SMILES string of the molecule is Cc1cc(O)c(/C=C/C(=O)N2CCC(CO)CC2)cc1C. The minimum atomic E-state index is -0.0379. The maximum atomic E-state index is 12.1. The number of likely N-dealkylation sites (tertiary alicyclic amines) is 1. The topological polar surface area (TPSA) is 60.8 Å². The van der Waals surface area contributed by atoms with Crippen molar-refractivity contribution in [3.8, 4) is 5.75 Å². The van der Waals surface area contributed by atoms with Crippen LogP contribution in [0.25, 0.3) is 6.08 Å². The Kier molecular flexibility index (Phi) is 5.02. The van der Waals surface area contributed by atoms with Crippen LogP contribution in [0.4, 0.5) is 0 Å². The number of aliphatic hydroxyl groups is 1. The second kappa shape index (κ2) is 6.76. The zero-order chi connectivity index (χ0) is 15.4. The largest absolute Gasteiger partial charge is 0.507 e. The van der Waals surface area contributed by atoms with E-state index >= 15 is 0 Å². The fourth-order valence-corrected chi connectivity index (χ4v) is 2.56. The standard InChI is InChI=1S/C17H23NO3/c1-12-9-15(16(20)10-13(12)2)3-4-17(21)18-7-5-14(11-19)6-8-18/h3-4,9-10,14,19-20H,5-8,11H2,1-2H3/b4-3+. The third-order valence-electron chi connectivity index (χ3n) is 4.23. The van der Waals surface area contributed by atoms with Crippen molar-refractivity contribution in [1.29, 1.82) is 0 Å². The van der Waals surface area contributed by atoms with Crippen molar-refractivity contribution in [3.05, 3.63) is 34.9 Å². The molecule has 1 aromatic carbocycles. The lowest BCUT2D eigenvalue weighted by atomic mass is 9.98.